The molecule has 1 unspecified atom stereocenters. The van der Waals surface area contributed by atoms with Gasteiger partial charge < -0.3 is 11.1 Å². The van der Waals surface area contributed by atoms with Crippen molar-refractivity contribution in [3.8, 4) is 0 Å². The quantitative estimate of drug-likeness (QED) is 0.668. The van der Waals surface area contributed by atoms with Gasteiger partial charge in [-0.05, 0) is 0 Å². The summed E-state index contributed by atoms with van der Waals surface area (Å²) in [6.07, 6.45) is 3.50. The first kappa shape index (κ1) is 11.8. The predicted molar refractivity (Wildman–Crippen MR) is 75.1 cm³/mol. The number of hydrogen-bond donors (Lipinski definition) is 3. The SMILES string of the molecule is CC(CNc1nc(N)nc2[nH]ncc12)c1nccs1. The number of H-pyrrole nitrogens is 1. The first-order valence-electron chi connectivity index (χ1n) is 5.84. The molecular formula is C11H13N7S. The molecule has 0 aromatic carbocycles. The minimum absolute atomic E-state index is 0.223. The fourth-order valence-electron chi connectivity index (χ4n) is 1.80. The van der Waals surface area contributed by atoms with E-state index in [9.17, 15) is 0 Å². The maximum Gasteiger partial charge on any atom is 0.224 e. The Bertz CT molecular complexity index is 675. The topological polar surface area (TPSA) is 105 Å². The van der Waals surface area contributed by atoms with E-state index in [1.807, 2.05) is 11.6 Å². The lowest BCUT2D eigenvalue weighted by Crippen LogP contribution is -2.12. The van der Waals surface area contributed by atoms with Gasteiger partial charge in [0.1, 0.15) is 5.82 Å². The Morgan fingerprint density at radius 3 is 3.16 bits per heavy atom. The molecule has 98 valence electrons. The van der Waals surface area contributed by atoms with E-state index in [4.69, 9.17) is 5.73 Å². The molecule has 7 nitrogen and oxygen atoms in total. The molecule has 19 heavy (non-hydrogen) atoms. The van der Waals surface area contributed by atoms with Crippen molar-refractivity contribution in [2.45, 2.75) is 12.8 Å². The van der Waals surface area contributed by atoms with Crippen LogP contribution in [0.3, 0.4) is 0 Å². The third-order valence-corrected chi connectivity index (χ3v) is 3.78. The van der Waals surface area contributed by atoms with Crippen LogP contribution >= 0.6 is 11.3 Å². The van der Waals surface area contributed by atoms with E-state index in [2.05, 4.69) is 37.4 Å². The van der Waals surface area contributed by atoms with Gasteiger partial charge in [0.05, 0.1) is 16.6 Å². The minimum Gasteiger partial charge on any atom is -0.369 e. The molecule has 3 aromatic rings. The molecule has 0 aliphatic carbocycles. The van der Waals surface area contributed by atoms with Gasteiger partial charge in [0, 0.05) is 24.0 Å². The summed E-state index contributed by atoms with van der Waals surface area (Å²) in [6, 6.07) is 0. The van der Waals surface area contributed by atoms with E-state index in [0.29, 0.717) is 17.4 Å². The predicted octanol–water partition coefficient (Wildman–Crippen LogP) is 1.61. The lowest BCUT2D eigenvalue weighted by atomic mass is 10.2. The van der Waals surface area contributed by atoms with Crippen molar-refractivity contribution in [3.05, 3.63) is 22.8 Å². The molecule has 3 heterocycles. The van der Waals surface area contributed by atoms with Crippen LogP contribution in [0.2, 0.25) is 0 Å². The first-order valence-corrected chi connectivity index (χ1v) is 6.72. The minimum atomic E-state index is 0.223. The van der Waals surface area contributed by atoms with Crippen LogP contribution in [-0.2, 0) is 0 Å². The number of aromatic amines is 1. The molecule has 1 atom stereocenters. The van der Waals surface area contributed by atoms with E-state index in [1.54, 1.807) is 17.5 Å². The van der Waals surface area contributed by atoms with E-state index in [-0.39, 0.29) is 5.95 Å². The number of aromatic nitrogens is 5. The molecular weight excluding hydrogens is 262 g/mol. The third-order valence-electron chi connectivity index (χ3n) is 2.78. The number of nitrogens with two attached hydrogens (primary N) is 1. The molecule has 3 rings (SSSR count). The monoisotopic (exact) mass is 275 g/mol. The van der Waals surface area contributed by atoms with Crippen molar-refractivity contribution in [3.63, 3.8) is 0 Å². The Morgan fingerprint density at radius 1 is 1.47 bits per heavy atom. The van der Waals surface area contributed by atoms with Crippen molar-refractivity contribution >= 4 is 34.1 Å². The summed E-state index contributed by atoms with van der Waals surface area (Å²) in [6.45, 7) is 2.84. The fourth-order valence-corrected chi connectivity index (χ4v) is 2.50. The zero-order chi connectivity index (χ0) is 13.2. The second-order valence-electron chi connectivity index (χ2n) is 4.21. The number of nitrogens with one attached hydrogen (secondary N) is 2. The maximum absolute atomic E-state index is 5.66. The van der Waals surface area contributed by atoms with Crippen molar-refractivity contribution < 1.29 is 0 Å². The van der Waals surface area contributed by atoms with Crippen LogP contribution in [-0.4, -0.2) is 31.7 Å². The van der Waals surface area contributed by atoms with E-state index in [1.165, 1.54) is 0 Å². The summed E-state index contributed by atoms with van der Waals surface area (Å²) in [5.41, 5.74) is 6.30. The average molecular weight is 275 g/mol. The van der Waals surface area contributed by atoms with Gasteiger partial charge in [0.15, 0.2) is 5.65 Å². The smallest absolute Gasteiger partial charge is 0.224 e. The summed E-state index contributed by atoms with van der Waals surface area (Å²) in [5, 5.41) is 13.9. The largest absolute Gasteiger partial charge is 0.369 e. The van der Waals surface area contributed by atoms with Crippen molar-refractivity contribution in [2.75, 3.05) is 17.6 Å². The first-order chi connectivity index (χ1) is 9.24. The molecule has 0 bridgehead atoms. The van der Waals surface area contributed by atoms with E-state index >= 15 is 0 Å². The molecule has 4 N–H and O–H groups in total. The van der Waals surface area contributed by atoms with E-state index in [0.717, 1.165) is 16.9 Å². The molecule has 0 aliphatic rings. The fraction of sp³-hybridized carbons (Fsp3) is 0.273. The van der Waals surface area contributed by atoms with Crippen LogP contribution in [0.15, 0.2) is 17.8 Å². The van der Waals surface area contributed by atoms with Gasteiger partial charge in [-0.3, -0.25) is 5.10 Å². The van der Waals surface area contributed by atoms with Gasteiger partial charge in [0.25, 0.3) is 0 Å². The standard InChI is InChI=1S/C11H13N7S/c1-6(10-13-2-3-19-10)4-14-8-7-5-15-18-9(7)17-11(12)16-8/h2-3,5-6H,4H2,1H3,(H4,12,14,15,16,17,18). The Morgan fingerprint density at radius 2 is 2.37 bits per heavy atom. The maximum atomic E-state index is 5.66. The molecule has 0 saturated carbocycles. The normalized spacial score (nSPS) is 12.7. The number of rotatable bonds is 4. The highest BCUT2D eigenvalue weighted by Gasteiger charge is 2.11. The zero-order valence-corrected chi connectivity index (χ0v) is 11.1. The molecule has 0 amide bonds. The Labute approximate surface area is 113 Å². The van der Waals surface area contributed by atoms with Crippen LogP contribution in [0.25, 0.3) is 11.0 Å². The van der Waals surface area contributed by atoms with Crippen molar-refractivity contribution in [1.82, 2.24) is 25.1 Å². The van der Waals surface area contributed by atoms with Gasteiger partial charge in [-0.1, -0.05) is 6.92 Å². The van der Waals surface area contributed by atoms with Crippen molar-refractivity contribution in [2.24, 2.45) is 0 Å². The highest BCUT2D eigenvalue weighted by atomic mass is 32.1. The number of hydrogen-bond acceptors (Lipinski definition) is 7. The molecule has 0 fully saturated rings. The van der Waals surface area contributed by atoms with E-state index < -0.39 is 0 Å². The Kier molecular flexibility index (Phi) is 3.00. The molecule has 0 spiro atoms. The number of nitrogen functional groups attached to an aromatic ring is 1. The summed E-state index contributed by atoms with van der Waals surface area (Å²) in [7, 11) is 0. The van der Waals surface area contributed by atoms with Gasteiger partial charge in [-0.25, -0.2) is 4.98 Å². The lowest BCUT2D eigenvalue weighted by molar-refractivity contribution is 0.793. The highest BCUT2D eigenvalue weighted by Crippen LogP contribution is 2.22. The molecule has 3 aromatic heterocycles. The number of anilines is 2. The second-order valence-corrected chi connectivity index (χ2v) is 5.14. The summed E-state index contributed by atoms with van der Waals surface area (Å²) in [5.74, 6) is 1.22. The molecule has 0 radical (unpaired) electrons. The third kappa shape index (κ3) is 2.34. The molecule has 8 heteroatoms. The summed E-state index contributed by atoms with van der Waals surface area (Å²) < 4.78 is 0. The number of fused-ring (bicyclic) bond motifs is 1. The van der Waals surface area contributed by atoms with Crippen LogP contribution in [0.5, 0.6) is 0 Å². The van der Waals surface area contributed by atoms with Gasteiger partial charge >= 0.3 is 0 Å². The van der Waals surface area contributed by atoms with Crippen molar-refractivity contribution in [1.29, 1.82) is 0 Å². The zero-order valence-electron chi connectivity index (χ0n) is 10.3. The molecule has 0 saturated heterocycles. The highest BCUT2D eigenvalue weighted by molar-refractivity contribution is 7.09. The average Bonchev–Trinajstić information content (AvgIpc) is 3.05. The number of thiazole rings is 1. The lowest BCUT2D eigenvalue weighted by Gasteiger charge is -2.11. The molecule has 0 aliphatic heterocycles. The number of nitrogens with zero attached hydrogens (tertiary/aromatic N) is 4. The van der Waals surface area contributed by atoms with Crippen LogP contribution in [0.1, 0.15) is 17.8 Å². The Balaban J connectivity index is 1.80. The van der Waals surface area contributed by atoms with Crippen LogP contribution < -0.4 is 11.1 Å². The van der Waals surface area contributed by atoms with Crippen LogP contribution in [0, 0.1) is 0 Å². The Hall–Kier alpha value is -2.22. The van der Waals surface area contributed by atoms with Gasteiger partial charge in [0.2, 0.25) is 5.95 Å². The van der Waals surface area contributed by atoms with Crippen LogP contribution in [0.4, 0.5) is 11.8 Å². The second kappa shape index (κ2) is 4.81. The summed E-state index contributed by atoms with van der Waals surface area (Å²) >= 11 is 1.65. The summed E-state index contributed by atoms with van der Waals surface area (Å²) in [4.78, 5) is 12.6. The van der Waals surface area contributed by atoms with Gasteiger partial charge in [-0.15, -0.1) is 11.3 Å². The van der Waals surface area contributed by atoms with Gasteiger partial charge in [-0.2, -0.15) is 15.1 Å².